The molecule has 8 nitrogen and oxygen atoms in total. The van der Waals surface area contributed by atoms with Crippen molar-refractivity contribution in [1.82, 2.24) is 0 Å². The molecule has 0 amide bonds. The third kappa shape index (κ3) is 6.66. The summed E-state index contributed by atoms with van der Waals surface area (Å²) in [6.45, 7) is 18.5. The second-order valence-electron chi connectivity index (χ2n) is 12.1. The molecule has 41 heavy (non-hydrogen) atoms. The minimum absolute atomic E-state index is 0.0249. The Morgan fingerprint density at radius 2 is 1.71 bits per heavy atom. The molecule has 3 rings (SSSR count). The van der Waals surface area contributed by atoms with Crippen molar-refractivity contribution in [3.63, 3.8) is 0 Å². The van der Waals surface area contributed by atoms with Crippen LogP contribution in [0.5, 0.6) is 0 Å². The number of rotatable bonds is 14. The number of esters is 2. The zero-order valence-electron chi connectivity index (χ0n) is 26.4. The highest BCUT2D eigenvalue weighted by atomic mass is 16.8. The fourth-order valence-corrected chi connectivity index (χ4v) is 7.10. The summed E-state index contributed by atoms with van der Waals surface area (Å²) < 4.78 is 37.7. The summed E-state index contributed by atoms with van der Waals surface area (Å²) in [5.41, 5.74) is 0.472. The first-order valence-corrected chi connectivity index (χ1v) is 15.3. The van der Waals surface area contributed by atoms with Crippen molar-refractivity contribution in [2.45, 2.75) is 118 Å². The average Bonchev–Trinajstić information content (AvgIpc) is 3.23. The molecule has 8 heteroatoms. The predicted molar refractivity (Wildman–Crippen MR) is 157 cm³/mol. The highest BCUT2D eigenvalue weighted by Gasteiger charge is 2.74. The van der Waals surface area contributed by atoms with Crippen molar-refractivity contribution in [3.8, 4) is 0 Å². The summed E-state index contributed by atoms with van der Waals surface area (Å²) in [6.07, 6.45) is 7.85. The molecule has 0 aromatic heterocycles. The van der Waals surface area contributed by atoms with E-state index in [2.05, 4.69) is 40.3 Å². The molecule has 0 radical (unpaired) electrons. The van der Waals surface area contributed by atoms with Crippen LogP contribution in [-0.2, 0) is 38.0 Å². The van der Waals surface area contributed by atoms with Gasteiger partial charge in [-0.15, -0.1) is 0 Å². The first-order chi connectivity index (χ1) is 19.5. The topological polar surface area (TPSA) is 89.5 Å². The van der Waals surface area contributed by atoms with Crippen LogP contribution in [0.25, 0.3) is 0 Å². The van der Waals surface area contributed by atoms with Gasteiger partial charge in [0.15, 0.2) is 6.29 Å². The molecule has 1 saturated heterocycles. The lowest BCUT2D eigenvalue weighted by atomic mass is 9.44. The molecule has 2 aliphatic carbocycles. The summed E-state index contributed by atoms with van der Waals surface area (Å²) in [7, 11) is 1.70. The average molecular weight is 577 g/mol. The van der Waals surface area contributed by atoms with E-state index in [0.717, 1.165) is 43.3 Å². The Bertz CT molecular complexity index is 988. The first-order valence-electron chi connectivity index (χ1n) is 15.3. The van der Waals surface area contributed by atoms with Crippen LogP contribution in [0.2, 0.25) is 0 Å². The van der Waals surface area contributed by atoms with Crippen molar-refractivity contribution in [2.24, 2.45) is 22.7 Å². The summed E-state index contributed by atoms with van der Waals surface area (Å²) in [5.74, 6) is -1.08. The SMILES string of the molecule is C=C/C(C)=C\C[C@]1(C)[C@H](C)[C@@H](OCCCC)C(OC(C)=O)C23C(=C[C@H](OC)C[C@H]21)[C@@H](OCCCC)O[C@H]3OC(C)=O. The van der Waals surface area contributed by atoms with Gasteiger partial charge in [-0.1, -0.05) is 70.9 Å². The van der Waals surface area contributed by atoms with Gasteiger partial charge in [0.25, 0.3) is 0 Å². The Hall–Kier alpha value is -2.00. The Labute approximate surface area is 246 Å². The van der Waals surface area contributed by atoms with Crippen LogP contribution in [0.4, 0.5) is 0 Å². The first kappa shape index (κ1) is 33.5. The highest BCUT2D eigenvalue weighted by Crippen LogP contribution is 2.68. The molecule has 1 aliphatic heterocycles. The van der Waals surface area contributed by atoms with Gasteiger partial charge >= 0.3 is 11.9 Å². The van der Waals surface area contributed by atoms with E-state index in [-0.39, 0.29) is 23.4 Å². The molecular weight excluding hydrogens is 524 g/mol. The standard InChI is InChI=1S/C33H52O8/c1-10-13-17-37-28-22(5)32(8,16-15-21(4)12-3)27-20-25(36-9)19-26-30(38-18-14-11-2)41-31(40-24(7)35)33(26,27)29(28)39-23(6)34/h12,15,19,22,25,27-31H,3,10-11,13-14,16-18,20H2,1-2,4-9H3/b21-15-/t22-,25+,27+,28-,29?,30+,31-,32-,33?/m1/s1. The van der Waals surface area contributed by atoms with E-state index in [9.17, 15) is 9.59 Å². The predicted octanol–water partition coefficient (Wildman–Crippen LogP) is 6.29. The molecule has 232 valence electrons. The molecule has 1 spiro atoms. The maximum absolute atomic E-state index is 12.8. The second-order valence-corrected chi connectivity index (χ2v) is 12.1. The maximum atomic E-state index is 12.8. The number of hydrogen-bond acceptors (Lipinski definition) is 8. The van der Waals surface area contributed by atoms with E-state index in [1.54, 1.807) is 7.11 Å². The fourth-order valence-electron chi connectivity index (χ4n) is 7.10. The van der Waals surface area contributed by atoms with Crippen LogP contribution in [0.3, 0.4) is 0 Å². The molecule has 0 bridgehead atoms. The fraction of sp³-hybridized carbons (Fsp3) is 0.758. The van der Waals surface area contributed by atoms with Gasteiger partial charge < -0.3 is 28.4 Å². The Kier molecular flexibility index (Phi) is 11.8. The highest BCUT2D eigenvalue weighted by molar-refractivity contribution is 5.67. The lowest BCUT2D eigenvalue weighted by molar-refractivity contribution is -0.283. The summed E-state index contributed by atoms with van der Waals surface area (Å²) >= 11 is 0. The van der Waals surface area contributed by atoms with Gasteiger partial charge in [0.2, 0.25) is 6.29 Å². The lowest BCUT2D eigenvalue weighted by Gasteiger charge is -2.63. The number of carbonyl (C=O) groups is 2. The van der Waals surface area contributed by atoms with E-state index in [0.29, 0.717) is 19.6 Å². The van der Waals surface area contributed by atoms with Gasteiger partial charge in [0.05, 0.1) is 18.8 Å². The van der Waals surface area contributed by atoms with E-state index >= 15 is 0 Å². The van der Waals surface area contributed by atoms with Gasteiger partial charge in [0.1, 0.15) is 11.5 Å². The van der Waals surface area contributed by atoms with Gasteiger partial charge in [0, 0.05) is 33.1 Å². The molecule has 3 aliphatic rings. The summed E-state index contributed by atoms with van der Waals surface area (Å²) in [5, 5.41) is 0. The Morgan fingerprint density at radius 3 is 2.27 bits per heavy atom. The van der Waals surface area contributed by atoms with E-state index in [4.69, 9.17) is 28.4 Å². The molecule has 0 aromatic carbocycles. The van der Waals surface area contributed by atoms with Crippen LogP contribution >= 0.6 is 0 Å². The number of carbonyl (C=O) groups excluding carboxylic acids is 2. The maximum Gasteiger partial charge on any atom is 0.304 e. The molecule has 2 fully saturated rings. The van der Waals surface area contributed by atoms with E-state index in [1.165, 1.54) is 13.8 Å². The Morgan fingerprint density at radius 1 is 1.07 bits per heavy atom. The largest absolute Gasteiger partial charge is 0.459 e. The number of ether oxygens (including phenoxy) is 6. The van der Waals surface area contributed by atoms with E-state index < -0.39 is 42.1 Å². The van der Waals surface area contributed by atoms with Crippen molar-refractivity contribution in [2.75, 3.05) is 20.3 Å². The molecule has 1 saturated carbocycles. The van der Waals surface area contributed by atoms with Crippen molar-refractivity contribution >= 4 is 11.9 Å². The smallest absolute Gasteiger partial charge is 0.304 e. The van der Waals surface area contributed by atoms with Crippen molar-refractivity contribution in [1.29, 1.82) is 0 Å². The van der Waals surface area contributed by atoms with Crippen LogP contribution in [0.1, 0.15) is 87.0 Å². The summed E-state index contributed by atoms with van der Waals surface area (Å²) in [6, 6.07) is 0. The summed E-state index contributed by atoms with van der Waals surface area (Å²) in [4.78, 5) is 25.4. The normalized spacial score (nSPS) is 36.6. The van der Waals surface area contributed by atoms with Crippen molar-refractivity contribution in [3.05, 3.63) is 36.0 Å². The van der Waals surface area contributed by atoms with E-state index in [1.807, 2.05) is 19.1 Å². The zero-order chi connectivity index (χ0) is 30.4. The monoisotopic (exact) mass is 576 g/mol. The number of methoxy groups -OCH3 is 1. The van der Waals surface area contributed by atoms with Crippen LogP contribution < -0.4 is 0 Å². The third-order valence-electron chi connectivity index (χ3n) is 9.53. The quantitative estimate of drug-likeness (QED) is 0.103. The Balaban J connectivity index is 2.33. The molecule has 2 unspecified atom stereocenters. The number of allylic oxidation sites excluding steroid dienone is 3. The van der Waals surface area contributed by atoms with Gasteiger partial charge in [-0.25, -0.2) is 0 Å². The van der Waals surface area contributed by atoms with Crippen LogP contribution in [-0.4, -0.2) is 63.2 Å². The molecule has 9 atom stereocenters. The second kappa shape index (κ2) is 14.5. The third-order valence-corrected chi connectivity index (χ3v) is 9.53. The van der Waals surface area contributed by atoms with Crippen molar-refractivity contribution < 1.29 is 38.0 Å². The van der Waals surface area contributed by atoms with Gasteiger partial charge in [-0.3, -0.25) is 9.59 Å². The lowest BCUT2D eigenvalue weighted by Crippen LogP contribution is -2.69. The molecular formula is C33H52O8. The minimum Gasteiger partial charge on any atom is -0.459 e. The van der Waals surface area contributed by atoms with Crippen LogP contribution in [0.15, 0.2) is 36.0 Å². The minimum atomic E-state index is -1.03. The zero-order valence-corrected chi connectivity index (χ0v) is 26.4. The molecule has 1 heterocycles. The molecule has 0 aromatic rings. The number of unbranched alkanes of at least 4 members (excludes halogenated alkanes) is 2. The molecule has 0 N–H and O–H groups in total. The van der Waals surface area contributed by atoms with Gasteiger partial charge in [-0.2, -0.15) is 0 Å². The number of hydrogen-bond donors (Lipinski definition) is 0. The van der Waals surface area contributed by atoms with Crippen LogP contribution in [0, 0.1) is 22.7 Å². The van der Waals surface area contributed by atoms with Gasteiger partial charge in [-0.05, 0) is 49.9 Å².